The van der Waals surface area contributed by atoms with E-state index in [1.807, 2.05) is 0 Å². The van der Waals surface area contributed by atoms with Crippen molar-refractivity contribution >= 4 is 5.97 Å². The van der Waals surface area contributed by atoms with Gasteiger partial charge in [-0.3, -0.25) is 0 Å². The fourth-order valence-electron chi connectivity index (χ4n) is 1.60. The van der Waals surface area contributed by atoms with Crippen LogP contribution in [0.4, 0.5) is 0 Å². The molecule has 1 aromatic rings. The standard InChI is InChI=1S/C11H12O4/c1-2-14-11(13)10-9(12)7-5-3-4-6-8(7)15-10/h3-6,9-10,12H,2H2,1H3/t9-,10-/m0/s1. The van der Waals surface area contributed by atoms with Crippen molar-refractivity contribution < 1.29 is 19.4 Å². The number of fused-ring (bicyclic) bond motifs is 1. The molecule has 0 fully saturated rings. The molecule has 0 amide bonds. The van der Waals surface area contributed by atoms with E-state index < -0.39 is 18.2 Å². The second-order valence-corrected chi connectivity index (χ2v) is 3.27. The van der Waals surface area contributed by atoms with Gasteiger partial charge >= 0.3 is 5.97 Å². The summed E-state index contributed by atoms with van der Waals surface area (Å²) in [5, 5.41) is 9.81. The molecule has 0 saturated carbocycles. The third kappa shape index (κ3) is 1.68. The normalized spacial score (nSPS) is 23.1. The molecule has 0 unspecified atom stereocenters. The minimum absolute atomic E-state index is 0.280. The Morgan fingerprint density at radius 1 is 1.53 bits per heavy atom. The first-order valence-corrected chi connectivity index (χ1v) is 4.84. The molecule has 4 nitrogen and oxygen atoms in total. The Labute approximate surface area is 87.4 Å². The number of aliphatic hydroxyl groups is 1. The molecule has 1 heterocycles. The van der Waals surface area contributed by atoms with Gasteiger partial charge < -0.3 is 14.6 Å². The largest absolute Gasteiger partial charge is 0.475 e. The summed E-state index contributed by atoms with van der Waals surface area (Å²) in [6.07, 6.45) is -1.86. The Bertz CT molecular complexity index is 375. The Morgan fingerprint density at radius 3 is 2.93 bits per heavy atom. The number of aliphatic hydroxyl groups excluding tert-OH is 1. The second-order valence-electron chi connectivity index (χ2n) is 3.27. The van der Waals surface area contributed by atoms with Gasteiger partial charge in [0.15, 0.2) is 0 Å². The first-order chi connectivity index (χ1) is 7.24. The Balaban J connectivity index is 2.19. The third-order valence-corrected chi connectivity index (χ3v) is 2.30. The van der Waals surface area contributed by atoms with E-state index >= 15 is 0 Å². The predicted molar refractivity (Wildman–Crippen MR) is 52.5 cm³/mol. The third-order valence-electron chi connectivity index (χ3n) is 2.30. The number of para-hydroxylation sites is 1. The molecular weight excluding hydrogens is 196 g/mol. The number of hydrogen-bond acceptors (Lipinski definition) is 4. The lowest BCUT2D eigenvalue weighted by atomic mass is 10.1. The van der Waals surface area contributed by atoms with Gasteiger partial charge in [0.05, 0.1) is 6.61 Å². The van der Waals surface area contributed by atoms with E-state index in [9.17, 15) is 9.90 Å². The van der Waals surface area contributed by atoms with Gasteiger partial charge in [-0.05, 0) is 13.0 Å². The molecule has 0 aromatic heterocycles. The molecule has 2 rings (SSSR count). The second kappa shape index (κ2) is 3.90. The fourth-order valence-corrected chi connectivity index (χ4v) is 1.60. The van der Waals surface area contributed by atoms with Crippen LogP contribution in [0.5, 0.6) is 5.75 Å². The number of ether oxygens (including phenoxy) is 2. The number of carbonyl (C=O) groups excluding carboxylic acids is 1. The molecule has 1 aliphatic heterocycles. The van der Waals surface area contributed by atoms with Gasteiger partial charge in [0, 0.05) is 5.56 Å². The fraction of sp³-hybridized carbons (Fsp3) is 0.364. The van der Waals surface area contributed by atoms with E-state index in [1.165, 1.54) is 0 Å². The van der Waals surface area contributed by atoms with Crippen LogP contribution in [0.1, 0.15) is 18.6 Å². The van der Waals surface area contributed by atoms with Crippen molar-refractivity contribution in [1.29, 1.82) is 0 Å². The first kappa shape index (κ1) is 9.98. The molecule has 4 heteroatoms. The summed E-state index contributed by atoms with van der Waals surface area (Å²) in [5.74, 6) is 0.0178. The summed E-state index contributed by atoms with van der Waals surface area (Å²) < 4.78 is 10.1. The van der Waals surface area contributed by atoms with Gasteiger partial charge in [0.25, 0.3) is 0 Å². The summed E-state index contributed by atoms with van der Waals surface area (Å²) >= 11 is 0. The lowest BCUT2D eigenvalue weighted by Crippen LogP contribution is -2.30. The topological polar surface area (TPSA) is 55.8 Å². The predicted octanol–water partition coefficient (Wildman–Crippen LogP) is 1.04. The van der Waals surface area contributed by atoms with Gasteiger partial charge in [0.1, 0.15) is 11.9 Å². The van der Waals surface area contributed by atoms with E-state index in [1.54, 1.807) is 31.2 Å². The number of esters is 1. The zero-order chi connectivity index (χ0) is 10.8. The highest BCUT2D eigenvalue weighted by Gasteiger charge is 2.38. The van der Waals surface area contributed by atoms with Crippen LogP contribution in [0.2, 0.25) is 0 Å². The van der Waals surface area contributed by atoms with Crippen LogP contribution in [0.3, 0.4) is 0 Å². The molecule has 0 bridgehead atoms. The van der Waals surface area contributed by atoms with Crippen LogP contribution < -0.4 is 4.74 Å². The summed E-state index contributed by atoms with van der Waals surface area (Å²) in [4.78, 5) is 11.4. The van der Waals surface area contributed by atoms with Gasteiger partial charge in [0.2, 0.25) is 6.10 Å². The maximum absolute atomic E-state index is 11.4. The molecule has 0 spiro atoms. The highest BCUT2D eigenvalue weighted by Crippen LogP contribution is 2.36. The van der Waals surface area contributed by atoms with Crippen LogP contribution >= 0.6 is 0 Å². The van der Waals surface area contributed by atoms with Crippen molar-refractivity contribution in [2.75, 3.05) is 6.61 Å². The van der Waals surface area contributed by atoms with Crippen LogP contribution in [0.15, 0.2) is 24.3 Å². The van der Waals surface area contributed by atoms with Crippen LogP contribution in [-0.2, 0) is 9.53 Å². The number of hydrogen-bond donors (Lipinski definition) is 1. The summed E-state index contributed by atoms with van der Waals surface area (Å²) in [6, 6.07) is 7.04. The maximum Gasteiger partial charge on any atom is 0.350 e. The molecule has 1 aliphatic rings. The molecular formula is C11H12O4. The monoisotopic (exact) mass is 208 g/mol. The van der Waals surface area contributed by atoms with Gasteiger partial charge in [-0.25, -0.2) is 4.79 Å². The Morgan fingerprint density at radius 2 is 2.27 bits per heavy atom. The Kier molecular flexibility index (Phi) is 2.60. The molecule has 80 valence electrons. The van der Waals surface area contributed by atoms with Gasteiger partial charge in [-0.2, -0.15) is 0 Å². The van der Waals surface area contributed by atoms with E-state index in [2.05, 4.69) is 0 Å². The molecule has 15 heavy (non-hydrogen) atoms. The first-order valence-electron chi connectivity index (χ1n) is 4.84. The number of benzene rings is 1. The highest BCUT2D eigenvalue weighted by atomic mass is 16.6. The van der Waals surface area contributed by atoms with Crippen LogP contribution in [-0.4, -0.2) is 23.8 Å². The SMILES string of the molecule is CCOC(=O)[C@H]1Oc2ccccc2[C@@H]1O. The lowest BCUT2D eigenvalue weighted by Gasteiger charge is -2.12. The summed E-state index contributed by atoms with van der Waals surface area (Å²) in [6.45, 7) is 1.99. The highest BCUT2D eigenvalue weighted by molar-refractivity contribution is 5.77. The molecule has 2 atom stereocenters. The van der Waals surface area contributed by atoms with Crippen molar-refractivity contribution in [2.45, 2.75) is 19.1 Å². The van der Waals surface area contributed by atoms with E-state index in [0.29, 0.717) is 11.3 Å². The lowest BCUT2D eigenvalue weighted by molar-refractivity contribution is -0.155. The van der Waals surface area contributed by atoms with E-state index in [0.717, 1.165) is 0 Å². The minimum Gasteiger partial charge on any atom is -0.475 e. The molecule has 1 N–H and O–H groups in total. The average molecular weight is 208 g/mol. The average Bonchev–Trinajstić information content (AvgIpc) is 2.57. The Hall–Kier alpha value is -1.55. The maximum atomic E-state index is 11.4. The van der Waals surface area contributed by atoms with Gasteiger partial charge in [-0.1, -0.05) is 18.2 Å². The van der Waals surface area contributed by atoms with Crippen molar-refractivity contribution in [3.05, 3.63) is 29.8 Å². The van der Waals surface area contributed by atoms with Crippen molar-refractivity contribution in [3.8, 4) is 5.75 Å². The molecule has 1 aromatic carbocycles. The number of rotatable bonds is 2. The van der Waals surface area contributed by atoms with E-state index in [4.69, 9.17) is 9.47 Å². The molecule has 0 saturated heterocycles. The zero-order valence-corrected chi connectivity index (χ0v) is 8.34. The van der Waals surface area contributed by atoms with Crippen LogP contribution in [0.25, 0.3) is 0 Å². The smallest absolute Gasteiger partial charge is 0.350 e. The minimum atomic E-state index is -0.930. The molecule has 0 aliphatic carbocycles. The summed E-state index contributed by atoms with van der Waals surface area (Å²) in [5.41, 5.74) is 0.635. The van der Waals surface area contributed by atoms with Crippen molar-refractivity contribution in [3.63, 3.8) is 0 Å². The number of carbonyl (C=O) groups is 1. The summed E-state index contributed by atoms with van der Waals surface area (Å²) in [7, 11) is 0. The van der Waals surface area contributed by atoms with Crippen molar-refractivity contribution in [2.24, 2.45) is 0 Å². The quantitative estimate of drug-likeness (QED) is 0.738. The zero-order valence-electron chi connectivity index (χ0n) is 8.34. The van der Waals surface area contributed by atoms with Crippen LogP contribution in [0, 0.1) is 0 Å². The van der Waals surface area contributed by atoms with Crippen molar-refractivity contribution in [1.82, 2.24) is 0 Å². The molecule has 0 radical (unpaired) electrons. The van der Waals surface area contributed by atoms with Gasteiger partial charge in [-0.15, -0.1) is 0 Å². The van der Waals surface area contributed by atoms with E-state index in [-0.39, 0.29) is 6.61 Å².